The van der Waals surface area contributed by atoms with Crippen molar-refractivity contribution in [1.82, 2.24) is 14.7 Å². The van der Waals surface area contributed by atoms with Crippen molar-refractivity contribution in [2.75, 3.05) is 59.6 Å². The SMILES string of the molecule is CCOC(=O)N1CCN(C(=O)CCN(CCOC)C(C)=O)CC1. The van der Waals surface area contributed by atoms with Gasteiger partial charge >= 0.3 is 6.09 Å². The zero-order valence-electron chi connectivity index (χ0n) is 14.2. The van der Waals surface area contributed by atoms with Crippen LogP contribution in [-0.4, -0.2) is 92.2 Å². The number of nitrogens with zero attached hydrogens (tertiary/aromatic N) is 3. The molecule has 0 aromatic carbocycles. The largest absolute Gasteiger partial charge is 0.450 e. The van der Waals surface area contributed by atoms with Gasteiger partial charge in [-0.05, 0) is 6.92 Å². The molecule has 0 atom stereocenters. The fraction of sp³-hybridized carbons (Fsp3) is 0.800. The third kappa shape index (κ3) is 6.43. The summed E-state index contributed by atoms with van der Waals surface area (Å²) in [6.45, 7) is 6.86. The van der Waals surface area contributed by atoms with Crippen LogP contribution in [0.25, 0.3) is 0 Å². The summed E-state index contributed by atoms with van der Waals surface area (Å²) in [6, 6.07) is 0. The minimum absolute atomic E-state index is 0.00262. The number of hydrogen-bond donors (Lipinski definition) is 0. The lowest BCUT2D eigenvalue weighted by atomic mass is 10.2. The van der Waals surface area contributed by atoms with E-state index in [4.69, 9.17) is 9.47 Å². The lowest BCUT2D eigenvalue weighted by Crippen LogP contribution is -2.51. The fourth-order valence-electron chi connectivity index (χ4n) is 2.37. The summed E-state index contributed by atoms with van der Waals surface area (Å²) >= 11 is 0. The maximum Gasteiger partial charge on any atom is 0.409 e. The van der Waals surface area contributed by atoms with Gasteiger partial charge in [-0.3, -0.25) is 9.59 Å². The van der Waals surface area contributed by atoms with Gasteiger partial charge < -0.3 is 24.2 Å². The molecule has 0 bridgehead atoms. The summed E-state index contributed by atoms with van der Waals surface area (Å²) in [5.74, 6) is -0.0702. The van der Waals surface area contributed by atoms with Crippen LogP contribution in [0, 0.1) is 0 Å². The summed E-state index contributed by atoms with van der Waals surface area (Å²) in [4.78, 5) is 40.3. The Morgan fingerprint density at radius 2 is 1.65 bits per heavy atom. The highest BCUT2D eigenvalue weighted by molar-refractivity contribution is 5.78. The Bertz CT molecular complexity index is 408. The summed E-state index contributed by atoms with van der Waals surface area (Å²) < 4.78 is 9.91. The van der Waals surface area contributed by atoms with Crippen LogP contribution in [0.2, 0.25) is 0 Å². The molecule has 1 saturated heterocycles. The number of carbonyl (C=O) groups is 3. The Kier molecular flexibility index (Phi) is 8.39. The zero-order valence-corrected chi connectivity index (χ0v) is 14.2. The van der Waals surface area contributed by atoms with Crippen molar-refractivity contribution < 1.29 is 23.9 Å². The fourth-order valence-corrected chi connectivity index (χ4v) is 2.37. The summed E-state index contributed by atoms with van der Waals surface area (Å²) in [5.41, 5.74) is 0. The Morgan fingerprint density at radius 1 is 1.04 bits per heavy atom. The normalized spacial score (nSPS) is 14.6. The first-order valence-corrected chi connectivity index (χ1v) is 7.93. The Balaban J connectivity index is 2.36. The quantitative estimate of drug-likeness (QED) is 0.665. The minimum Gasteiger partial charge on any atom is -0.450 e. The molecule has 0 spiro atoms. The molecule has 3 amide bonds. The Labute approximate surface area is 137 Å². The van der Waals surface area contributed by atoms with Crippen LogP contribution in [0.1, 0.15) is 20.3 Å². The number of methoxy groups -OCH3 is 1. The van der Waals surface area contributed by atoms with Gasteiger partial charge in [-0.15, -0.1) is 0 Å². The predicted octanol–water partition coefficient (Wildman–Crippen LogP) is 0.172. The molecule has 1 heterocycles. The van der Waals surface area contributed by atoms with Crippen LogP contribution >= 0.6 is 0 Å². The van der Waals surface area contributed by atoms with E-state index in [2.05, 4.69) is 0 Å². The average Bonchev–Trinajstić information content (AvgIpc) is 2.54. The van der Waals surface area contributed by atoms with Crippen molar-refractivity contribution in [3.8, 4) is 0 Å². The van der Waals surface area contributed by atoms with E-state index >= 15 is 0 Å². The van der Waals surface area contributed by atoms with E-state index in [1.807, 2.05) is 0 Å². The average molecular weight is 329 g/mol. The van der Waals surface area contributed by atoms with Gasteiger partial charge in [-0.1, -0.05) is 0 Å². The monoisotopic (exact) mass is 329 g/mol. The highest BCUT2D eigenvalue weighted by atomic mass is 16.6. The molecule has 8 nitrogen and oxygen atoms in total. The number of rotatable bonds is 7. The third-order valence-corrected chi connectivity index (χ3v) is 3.76. The van der Waals surface area contributed by atoms with Crippen molar-refractivity contribution >= 4 is 17.9 Å². The minimum atomic E-state index is -0.332. The van der Waals surface area contributed by atoms with E-state index in [-0.39, 0.29) is 24.3 Å². The van der Waals surface area contributed by atoms with Gasteiger partial charge in [0.15, 0.2) is 0 Å². The highest BCUT2D eigenvalue weighted by Crippen LogP contribution is 2.06. The molecular formula is C15H27N3O5. The molecule has 0 N–H and O–H groups in total. The zero-order chi connectivity index (χ0) is 17.2. The van der Waals surface area contributed by atoms with Crippen molar-refractivity contribution in [3.05, 3.63) is 0 Å². The Hall–Kier alpha value is -1.83. The number of ether oxygens (including phenoxy) is 2. The second-order valence-corrected chi connectivity index (χ2v) is 5.32. The summed E-state index contributed by atoms with van der Waals surface area (Å²) in [7, 11) is 1.58. The molecule has 0 unspecified atom stereocenters. The third-order valence-electron chi connectivity index (χ3n) is 3.76. The van der Waals surface area contributed by atoms with E-state index in [9.17, 15) is 14.4 Å². The number of piperazine rings is 1. The lowest BCUT2D eigenvalue weighted by molar-refractivity contribution is -0.135. The molecular weight excluding hydrogens is 302 g/mol. The van der Waals surface area contributed by atoms with Crippen LogP contribution in [-0.2, 0) is 19.1 Å². The first-order valence-electron chi connectivity index (χ1n) is 7.93. The van der Waals surface area contributed by atoms with Gasteiger partial charge in [-0.25, -0.2) is 4.79 Å². The van der Waals surface area contributed by atoms with Crippen molar-refractivity contribution in [1.29, 1.82) is 0 Å². The molecule has 0 saturated carbocycles. The predicted molar refractivity (Wildman–Crippen MR) is 83.9 cm³/mol. The van der Waals surface area contributed by atoms with E-state index in [0.717, 1.165) is 0 Å². The first kappa shape index (κ1) is 19.2. The molecule has 1 rings (SSSR count). The summed E-state index contributed by atoms with van der Waals surface area (Å²) in [5, 5.41) is 0. The van der Waals surface area contributed by atoms with Crippen LogP contribution in [0.15, 0.2) is 0 Å². The summed E-state index contributed by atoms with van der Waals surface area (Å²) in [6.07, 6.45) is -0.0511. The van der Waals surface area contributed by atoms with Gasteiger partial charge in [-0.2, -0.15) is 0 Å². The van der Waals surface area contributed by atoms with Gasteiger partial charge in [0.05, 0.1) is 13.2 Å². The van der Waals surface area contributed by atoms with E-state index in [0.29, 0.717) is 52.5 Å². The maximum absolute atomic E-state index is 12.2. The van der Waals surface area contributed by atoms with Crippen LogP contribution in [0.5, 0.6) is 0 Å². The molecule has 1 fully saturated rings. The molecule has 1 aliphatic heterocycles. The number of carbonyl (C=O) groups excluding carboxylic acids is 3. The lowest BCUT2D eigenvalue weighted by Gasteiger charge is -2.34. The van der Waals surface area contributed by atoms with Gasteiger partial charge in [0.2, 0.25) is 11.8 Å². The first-order chi connectivity index (χ1) is 11.0. The number of hydrogen-bond acceptors (Lipinski definition) is 5. The van der Waals surface area contributed by atoms with E-state index in [1.165, 1.54) is 6.92 Å². The van der Waals surface area contributed by atoms with Crippen LogP contribution in [0.4, 0.5) is 4.79 Å². The molecule has 8 heteroatoms. The maximum atomic E-state index is 12.2. The molecule has 0 aliphatic carbocycles. The van der Waals surface area contributed by atoms with Gasteiger partial charge in [0, 0.05) is 59.7 Å². The second-order valence-electron chi connectivity index (χ2n) is 5.32. The highest BCUT2D eigenvalue weighted by Gasteiger charge is 2.25. The molecule has 0 aromatic rings. The molecule has 0 radical (unpaired) electrons. The standard InChI is InChI=1S/C15H27N3O5/c1-4-23-15(21)18-9-7-17(8-10-18)14(20)5-6-16(13(2)19)11-12-22-3/h4-12H2,1-3H3. The topological polar surface area (TPSA) is 79.4 Å². The van der Waals surface area contributed by atoms with Crippen molar-refractivity contribution in [2.24, 2.45) is 0 Å². The molecule has 23 heavy (non-hydrogen) atoms. The van der Waals surface area contributed by atoms with E-state index in [1.54, 1.807) is 28.7 Å². The molecule has 1 aliphatic rings. The second kappa shape index (κ2) is 10.0. The molecule has 0 aromatic heterocycles. The van der Waals surface area contributed by atoms with E-state index < -0.39 is 0 Å². The van der Waals surface area contributed by atoms with Crippen molar-refractivity contribution in [2.45, 2.75) is 20.3 Å². The smallest absolute Gasteiger partial charge is 0.409 e. The number of amides is 3. The van der Waals surface area contributed by atoms with Crippen molar-refractivity contribution in [3.63, 3.8) is 0 Å². The van der Waals surface area contributed by atoms with Gasteiger partial charge in [0.25, 0.3) is 0 Å². The Morgan fingerprint density at radius 3 is 2.17 bits per heavy atom. The van der Waals surface area contributed by atoms with Crippen LogP contribution < -0.4 is 0 Å². The molecule has 132 valence electrons. The van der Waals surface area contributed by atoms with Crippen LogP contribution in [0.3, 0.4) is 0 Å². The van der Waals surface area contributed by atoms with Gasteiger partial charge in [0.1, 0.15) is 0 Å².